The number of benzene rings is 1. The van der Waals surface area contributed by atoms with Crippen molar-refractivity contribution < 1.29 is 0 Å². The Hall–Kier alpha value is -1.66. The van der Waals surface area contributed by atoms with Gasteiger partial charge in [-0.2, -0.15) is 4.99 Å². The molecule has 0 heterocycles. The Morgan fingerprint density at radius 3 is 1.88 bits per heavy atom. The molecule has 0 atom stereocenters. The molecule has 16 heavy (non-hydrogen) atoms. The minimum absolute atomic E-state index is 0. The zero-order valence-electron chi connectivity index (χ0n) is 8.33. The molecule has 0 spiro atoms. The summed E-state index contributed by atoms with van der Waals surface area (Å²) < 4.78 is 0. The largest absolute Gasteiger partial charge is 0.399 e. The van der Waals surface area contributed by atoms with Crippen LogP contribution in [0.1, 0.15) is 0 Å². The Morgan fingerprint density at radius 2 is 1.44 bits per heavy atom. The van der Waals surface area contributed by atoms with E-state index in [9.17, 15) is 0 Å². The highest BCUT2D eigenvalue weighted by atomic mass is 35.5. The summed E-state index contributed by atoms with van der Waals surface area (Å²) in [5.41, 5.74) is 22.4. The highest BCUT2D eigenvalue weighted by Gasteiger charge is 1.92. The van der Waals surface area contributed by atoms with E-state index in [4.69, 9.17) is 22.9 Å². The van der Waals surface area contributed by atoms with Crippen molar-refractivity contribution in [1.29, 1.82) is 0 Å². The normalized spacial score (nSPS) is 9.62. The van der Waals surface area contributed by atoms with Gasteiger partial charge in [0.15, 0.2) is 5.96 Å². The first-order valence-corrected chi connectivity index (χ1v) is 3.87. The van der Waals surface area contributed by atoms with Crippen molar-refractivity contribution in [1.82, 2.24) is 0 Å². The smallest absolute Gasteiger partial charge is 0.223 e. The molecule has 8 heteroatoms. The van der Waals surface area contributed by atoms with E-state index < -0.39 is 0 Å². The molecule has 1 aromatic rings. The van der Waals surface area contributed by atoms with E-state index >= 15 is 0 Å². The number of nitrogens with two attached hydrogens (primary N) is 4. The van der Waals surface area contributed by atoms with Crippen LogP contribution in [0.4, 0.5) is 11.4 Å². The van der Waals surface area contributed by atoms with Crippen LogP contribution in [0.3, 0.4) is 0 Å². The monoisotopic (exact) mass is 264 g/mol. The molecule has 0 aliphatic rings. The summed E-state index contributed by atoms with van der Waals surface area (Å²) >= 11 is 0. The Labute approximate surface area is 106 Å². The van der Waals surface area contributed by atoms with Gasteiger partial charge in [0.25, 0.3) is 0 Å². The number of nitrogens with zero attached hydrogens (tertiary/aromatic N) is 2. The lowest BCUT2D eigenvalue weighted by Gasteiger charge is -1.96. The quantitative estimate of drug-likeness (QED) is 0.331. The number of hydrogen-bond acceptors (Lipinski definition) is 2. The summed E-state index contributed by atoms with van der Waals surface area (Å²) in [6, 6.07) is 6.85. The molecule has 0 aliphatic heterocycles. The molecular weight excluding hydrogens is 251 g/mol. The van der Waals surface area contributed by atoms with Gasteiger partial charge in [-0.15, -0.1) is 24.8 Å². The zero-order chi connectivity index (χ0) is 10.6. The first kappa shape index (κ1) is 16.8. The molecule has 0 fully saturated rings. The molecule has 0 amide bonds. The molecule has 6 nitrogen and oxygen atoms in total. The summed E-state index contributed by atoms with van der Waals surface area (Å²) in [4.78, 5) is 7.50. The van der Waals surface area contributed by atoms with Crippen LogP contribution in [0.5, 0.6) is 0 Å². The van der Waals surface area contributed by atoms with Crippen molar-refractivity contribution in [3.63, 3.8) is 0 Å². The van der Waals surface area contributed by atoms with E-state index in [1.165, 1.54) is 0 Å². The van der Waals surface area contributed by atoms with E-state index in [0.717, 1.165) is 0 Å². The molecule has 0 unspecified atom stereocenters. The molecule has 1 aromatic carbocycles. The molecule has 0 aromatic heterocycles. The molecule has 1 rings (SSSR count). The van der Waals surface area contributed by atoms with Crippen molar-refractivity contribution in [3.05, 3.63) is 24.3 Å². The Balaban J connectivity index is 0. The number of nitrogen functional groups attached to an aromatic ring is 1. The second-order valence-corrected chi connectivity index (χ2v) is 2.60. The van der Waals surface area contributed by atoms with Crippen LogP contribution in [0.25, 0.3) is 0 Å². The van der Waals surface area contributed by atoms with E-state index in [0.29, 0.717) is 11.4 Å². The summed E-state index contributed by atoms with van der Waals surface area (Å²) in [6.45, 7) is 0. The van der Waals surface area contributed by atoms with Crippen molar-refractivity contribution in [2.45, 2.75) is 0 Å². The van der Waals surface area contributed by atoms with Crippen LogP contribution >= 0.6 is 24.8 Å². The second-order valence-electron chi connectivity index (χ2n) is 2.60. The van der Waals surface area contributed by atoms with Gasteiger partial charge in [-0.1, -0.05) is 0 Å². The van der Waals surface area contributed by atoms with Crippen molar-refractivity contribution in [3.8, 4) is 0 Å². The number of rotatable bonds is 1. The fourth-order valence-corrected chi connectivity index (χ4v) is 0.838. The fourth-order valence-electron chi connectivity index (χ4n) is 0.838. The Morgan fingerprint density at radius 1 is 0.938 bits per heavy atom. The molecule has 0 saturated carbocycles. The lowest BCUT2D eigenvalue weighted by atomic mass is 10.3. The number of aliphatic imine (C=N–C) groups is 2. The molecule has 90 valence electrons. The predicted molar refractivity (Wildman–Crippen MR) is 72.4 cm³/mol. The van der Waals surface area contributed by atoms with Gasteiger partial charge in [-0.25, -0.2) is 4.99 Å². The maximum Gasteiger partial charge on any atom is 0.223 e. The van der Waals surface area contributed by atoms with Crippen molar-refractivity contribution in [2.75, 3.05) is 5.73 Å². The van der Waals surface area contributed by atoms with E-state index in [1.807, 2.05) is 0 Å². The summed E-state index contributed by atoms with van der Waals surface area (Å²) in [6.07, 6.45) is 0. The van der Waals surface area contributed by atoms with Crippen LogP contribution in [-0.4, -0.2) is 11.9 Å². The fraction of sp³-hybridized carbons (Fsp3) is 0. The first-order valence-electron chi connectivity index (χ1n) is 3.87. The van der Waals surface area contributed by atoms with E-state index in [1.54, 1.807) is 24.3 Å². The second kappa shape index (κ2) is 7.61. The highest BCUT2D eigenvalue weighted by Crippen LogP contribution is 2.13. The molecule has 0 radical (unpaired) electrons. The first-order chi connectivity index (χ1) is 6.58. The van der Waals surface area contributed by atoms with Gasteiger partial charge in [0.1, 0.15) is 0 Å². The van der Waals surface area contributed by atoms with Gasteiger partial charge in [-0.3, -0.25) is 0 Å². The lowest BCUT2D eigenvalue weighted by Crippen LogP contribution is -2.26. The third-order valence-electron chi connectivity index (χ3n) is 1.38. The number of anilines is 1. The minimum Gasteiger partial charge on any atom is -0.399 e. The molecule has 0 bridgehead atoms. The van der Waals surface area contributed by atoms with Crippen LogP contribution in [0.15, 0.2) is 34.3 Å². The van der Waals surface area contributed by atoms with Gasteiger partial charge in [0.05, 0.1) is 5.69 Å². The third kappa shape index (κ3) is 5.94. The van der Waals surface area contributed by atoms with Crippen LogP contribution in [-0.2, 0) is 0 Å². The van der Waals surface area contributed by atoms with Gasteiger partial charge in [0.2, 0.25) is 5.96 Å². The maximum atomic E-state index is 5.49. The average molecular weight is 265 g/mol. The van der Waals surface area contributed by atoms with Crippen LogP contribution in [0.2, 0.25) is 0 Å². The minimum atomic E-state index is -0.123. The highest BCUT2D eigenvalue weighted by molar-refractivity contribution is 5.93. The van der Waals surface area contributed by atoms with Gasteiger partial charge < -0.3 is 22.9 Å². The van der Waals surface area contributed by atoms with Gasteiger partial charge >= 0.3 is 0 Å². The van der Waals surface area contributed by atoms with E-state index in [-0.39, 0.29) is 36.7 Å². The average Bonchev–Trinajstić information content (AvgIpc) is 2.07. The Bertz CT molecular complexity index is 369. The lowest BCUT2D eigenvalue weighted by molar-refractivity contribution is 1.38. The topological polar surface area (TPSA) is 129 Å². The van der Waals surface area contributed by atoms with Gasteiger partial charge in [0, 0.05) is 5.69 Å². The summed E-state index contributed by atoms with van der Waals surface area (Å²) in [7, 11) is 0. The molecule has 0 aliphatic carbocycles. The molecule has 8 N–H and O–H groups in total. The van der Waals surface area contributed by atoms with Gasteiger partial charge in [-0.05, 0) is 24.3 Å². The predicted octanol–water partition coefficient (Wildman–Crippen LogP) is 0.332. The molecule has 0 saturated heterocycles. The third-order valence-corrected chi connectivity index (χ3v) is 1.38. The number of guanidine groups is 2. The SMILES string of the molecule is Cl.Cl.NC(N)=NC(N)=Nc1ccc(N)cc1. The molecular formula is C8H14Cl2N6. The number of hydrogen-bond donors (Lipinski definition) is 4. The Kier molecular flexibility index (Phi) is 7.97. The van der Waals surface area contributed by atoms with Crippen molar-refractivity contribution in [2.24, 2.45) is 27.2 Å². The maximum absolute atomic E-state index is 5.49. The van der Waals surface area contributed by atoms with Crippen LogP contribution < -0.4 is 22.9 Å². The number of halogens is 2. The van der Waals surface area contributed by atoms with E-state index in [2.05, 4.69) is 9.98 Å². The summed E-state index contributed by atoms with van der Waals surface area (Å²) in [5, 5.41) is 0. The van der Waals surface area contributed by atoms with Crippen molar-refractivity contribution >= 4 is 48.1 Å². The zero-order valence-corrected chi connectivity index (χ0v) is 9.96. The summed E-state index contributed by atoms with van der Waals surface area (Å²) in [5.74, 6) is -0.114. The standard InChI is InChI=1S/C8H12N6.2ClH/c9-5-1-3-6(4-2-5)13-8(12)14-7(10)11;;/h1-4H,9H2,(H6,10,11,12,13,14);2*1H. The van der Waals surface area contributed by atoms with Crippen LogP contribution in [0, 0.1) is 0 Å².